The number of nitro groups is 1. The van der Waals surface area contributed by atoms with E-state index in [1.165, 1.54) is 55.2 Å². The molecule has 1 aromatic carbocycles. The summed E-state index contributed by atoms with van der Waals surface area (Å²) in [4.78, 5) is 22.7. The van der Waals surface area contributed by atoms with Crippen LogP contribution >= 0.6 is 11.3 Å². The number of carbonyl (C=O) groups is 1. The molecule has 0 bridgehead atoms. The van der Waals surface area contributed by atoms with Gasteiger partial charge in [0, 0.05) is 12.5 Å². The van der Waals surface area contributed by atoms with Crippen molar-refractivity contribution in [3.63, 3.8) is 0 Å². The number of hydrogen-bond donors (Lipinski definition) is 1. The van der Waals surface area contributed by atoms with Gasteiger partial charge in [-0.05, 0) is 12.5 Å². The molecule has 8 heteroatoms. The molecule has 2 aromatic rings. The number of benzene rings is 1. The Bertz CT molecular complexity index is 717. The molecule has 0 spiro atoms. The summed E-state index contributed by atoms with van der Waals surface area (Å²) in [5, 5.41) is 22.8. The van der Waals surface area contributed by atoms with Crippen molar-refractivity contribution in [1.82, 2.24) is 10.2 Å². The molecule has 1 aromatic heterocycles. The molecule has 1 heterocycles. The van der Waals surface area contributed by atoms with E-state index in [0.29, 0.717) is 5.13 Å². The van der Waals surface area contributed by atoms with Gasteiger partial charge in [0.25, 0.3) is 11.6 Å². The van der Waals surface area contributed by atoms with E-state index in [2.05, 4.69) is 22.4 Å². The number of carbonyl (C=O) groups excluding carboxylic acids is 1. The van der Waals surface area contributed by atoms with Gasteiger partial charge in [0.2, 0.25) is 5.13 Å². The van der Waals surface area contributed by atoms with E-state index in [1.54, 1.807) is 6.07 Å². The lowest BCUT2D eigenvalue weighted by atomic mass is 10.1. The highest BCUT2D eigenvalue weighted by molar-refractivity contribution is 7.15. The maximum atomic E-state index is 12.2. The number of anilines is 1. The van der Waals surface area contributed by atoms with Gasteiger partial charge in [-0.3, -0.25) is 20.2 Å². The van der Waals surface area contributed by atoms with Crippen molar-refractivity contribution in [2.24, 2.45) is 0 Å². The minimum atomic E-state index is -0.570. The second-order valence-corrected chi connectivity index (χ2v) is 6.81. The van der Waals surface area contributed by atoms with E-state index < -0.39 is 10.8 Å². The smallest absolute Gasteiger partial charge is 0.282 e. The summed E-state index contributed by atoms with van der Waals surface area (Å²) >= 11 is 1.31. The number of nitrogens with zero attached hydrogens (tertiary/aromatic N) is 3. The van der Waals surface area contributed by atoms with Gasteiger partial charge in [-0.15, -0.1) is 10.2 Å². The first-order chi connectivity index (χ1) is 12.1. The zero-order valence-corrected chi connectivity index (χ0v) is 15.1. The van der Waals surface area contributed by atoms with Crippen LogP contribution in [0.3, 0.4) is 0 Å². The Kier molecular flexibility index (Phi) is 7.46. The average molecular weight is 362 g/mol. The first-order valence-corrected chi connectivity index (χ1v) is 9.30. The lowest BCUT2D eigenvalue weighted by molar-refractivity contribution is -0.385. The molecule has 0 unspecified atom stereocenters. The maximum Gasteiger partial charge on any atom is 0.282 e. The first kappa shape index (κ1) is 19.0. The van der Waals surface area contributed by atoms with Crippen LogP contribution in [-0.4, -0.2) is 21.0 Å². The Morgan fingerprint density at radius 2 is 1.88 bits per heavy atom. The van der Waals surface area contributed by atoms with E-state index in [1.807, 2.05) is 0 Å². The SMILES string of the molecule is CCCCCCCCc1nnc(NC(=O)c2ccccc2[N+](=O)[O-])s1. The highest BCUT2D eigenvalue weighted by atomic mass is 32.1. The summed E-state index contributed by atoms with van der Waals surface area (Å²) in [6.45, 7) is 2.20. The fourth-order valence-corrected chi connectivity index (χ4v) is 3.23. The van der Waals surface area contributed by atoms with E-state index in [-0.39, 0.29) is 11.3 Å². The third-order valence-electron chi connectivity index (χ3n) is 3.78. The summed E-state index contributed by atoms with van der Waals surface area (Å²) < 4.78 is 0. The van der Waals surface area contributed by atoms with Crippen LogP contribution in [-0.2, 0) is 6.42 Å². The molecule has 1 N–H and O–H groups in total. The molecule has 0 aliphatic rings. The Balaban J connectivity index is 1.86. The average Bonchev–Trinajstić information content (AvgIpc) is 3.05. The number of aryl methyl sites for hydroxylation is 1. The lowest BCUT2D eigenvalue weighted by Gasteiger charge is -2.02. The molecule has 0 aliphatic heterocycles. The quantitative estimate of drug-likeness (QED) is 0.378. The van der Waals surface area contributed by atoms with Crippen molar-refractivity contribution in [3.05, 3.63) is 45.0 Å². The van der Waals surface area contributed by atoms with Crippen molar-refractivity contribution in [1.29, 1.82) is 0 Å². The van der Waals surface area contributed by atoms with Gasteiger partial charge < -0.3 is 0 Å². The molecule has 25 heavy (non-hydrogen) atoms. The first-order valence-electron chi connectivity index (χ1n) is 8.49. The van der Waals surface area contributed by atoms with E-state index in [9.17, 15) is 14.9 Å². The van der Waals surface area contributed by atoms with Crippen LogP contribution in [0.4, 0.5) is 10.8 Å². The minimum absolute atomic E-state index is 0.0141. The fourth-order valence-electron chi connectivity index (χ4n) is 2.45. The fraction of sp³-hybridized carbons (Fsp3) is 0.471. The normalized spacial score (nSPS) is 10.6. The Morgan fingerprint density at radius 3 is 2.64 bits per heavy atom. The Morgan fingerprint density at radius 1 is 1.16 bits per heavy atom. The predicted octanol–water partition coefficient (Wildman–Crippen LogP) is 4.60. The monoisotopic (exact) mass is 362 g/mol. The molecular weight excluding hydrogens is 340 g/mol. The molecule has 0 fully saturated rings. The number of amides is 1. The number of rotatable bonds is 10. The van der Waals surface area contributed by atoms with Gasteiger partial charge >= 0.3 is 0 Å². The zero-order chi connectivity index (χ0) is 18.1. The molecule has 0 saturated carbocycles. The van der Waals surface area contributed by atoms with Crippen LogP contribution in [0.25, 0.3) is 0 Å². The number of unbranched alkanes of at least 4 members (excludes halogenated alkanes) is 5. The second kappa shape index (κ2) is 9.83. The second-order valence-electron chi connectivity index (χ2n) is 5.75. The minimum Gasteiger partial charge on any atom is -0.296 e. The molecule has 2 rings (SSSR count). The highest BCUT2D eigenvalue weighted by Crippen LogP contribution is 2.22. The standard InChI is InChI=1S/C17H22N4O3S/c1-2-3-4-5-6-7-12-15-19-20-17(25-15)18-16(22)13-10-8-9-11-14(13)21(23)24/h8-11H,2-7,12H2,1H3,(H,18,20,22). The number of nitro benzene ring substituents is 1. The Hall–Kier alpha value is -2.35. The van der Waals surface area contributed by atoms with Gasteiger partial charge in [-0.25, -0.2) is 0 Å². The van der Waals surface area contributed by atoms with Crippen molar-refractivity contribution in [2.75, 3.05) is 5.32 Å². The van der Waals surface area contributed by atoms with Gasteiger partial charge in [-0.1, -0.05) is 62.5 Å². The third kappa shape index (κ3) is 5.90. The number of nitrogens with one attached hydrogen (secondary N) is 1. The van der Waals surface area contributed by atoms with Gasteiger partial charge in [0.15, 0.2) is 0 Å². The maximum absolute atomic E-state index is 12.2. The zero-order valence-electron chi connectivity index (χ0n) is 14.2. The third-order valence-corrected chi connectivity index (χ3v) is 4.68. The van der Waals surface area contributed by atoms with Crippen LogP contribution in [0, 0.1) is 10.1 Å². The molecule has 0 saturated heterocycles. The van der Waals surface area contributed by atoms with Crippen molar-refractivity contribution in [3.8, 4) is 0 Å². The van der Waals surface area contributed by atoms with Crippen LogP contribution in [0.1, 0.15) is 60.8 Å². The van der Waals surface area contributed by atoms with Crippen molar-refractivity contribution in [2.45, 2.75) is 51.9 Å². The number of aromatic nitrogens is 2. The molecule has 0 aliphatic carbocycles. The Labute approximate surface area is 150 Å². The van der Waals surface area contributed by atoms with E-state index in [4.69, 9.17) is 0 Å². The molecule has 134 valence electrons. The largest absolute Gasteiger partial charge is 0.296 e. The topological polar surface area (TPSA) is 98.0 Å². The lowest BCUT2D eigenvalue weighted by Crippen LogP contribution is -2.13. The van der Waals surface area contributed by atoms with E-state index >= 15 is 0 Å². The van der Waals surface area contributed by atoms with Gasteiger partial charge in [-0.2, -0.15) is 0 Å². The molecular formula is C17H22N4O3S. The van der Waals surface area contributed by atoms with Crippen LogP contribution < -0.4 is 5.32 Å². The number of para-hydroxylation sites is 1. The van der Waals surface area contributed by atoms with Crippen LogP contribution in [0.5, 0.6) is 0 Å². The van der Waals surface area contributed by atoms with E-state index in [0.717, 1.165) is 24.3 Å². The van der Waals surface area contributed by atoms with Crippen molar-refractivity contribution >= 4 is 28.1 Å². The molecule has 0 atom stereocenters. The molecule has 7 nitrogen and oxygen atoms in total. The van der Waals surface area contributed by atoms with Crippen LogP contribution in [0.2, 0.25) is 0 Å². The van der Waals surface area contributed by atoms with Gasteiger partial charge in [0.05, 0.1) is 4.92 Å². The summed E-state index contributed by atoms with van der Waals surface area (Å²) in [6.07, 6.45) is 8.07. The van der Waals surface area contributed by atoms with Crippen LogP contribution in [0.15, 0.2) is 24.3 Å². The number of hydrogen-bond acceptors (Lipinski definition) is 6. The predicted molar refractivity (Wildman–Crippen MR) is 98.0 cm³/mol. The molecule has 1 amide bonds. The summed E-state index contributed by atoms with van der Waals surface area (Å²) in [7, 11) is 0. The summed E-state index contributed by atoms with van der Waals surface area (Å²) in [5.41, 5.74) is -0.211. The summed E-state index contributed by atoms with van der Waals surface area (Å²) in [5.74, 6) is -0.547. The van der Waals surface area contributed by atoms with Crippen molar-refractivity contribution < 1.29 is 9.72 Å². The van der Waals surface area contributed by atoms with Gasteiger partial charge in [0.1, 0.15) is 10.6 Å². The molecule has 0 radical (unpaired) electrons. The summed E-state index contributed by atoms with van der Waals surface area (Å²) in [6, 6.07) is 5.84. The highest BCUT2D eigenvalue weighted by Gasteiger charge is 2.20.